The Morgan fingerprint density at radius 2 is 2.00 bits per heavy atom. The topological polar surface area (TPSA) is 125 Å². The number of nitrogens with one attached hydrogen (secondary N) is 1. The van der Waals surface area contributed by atoms with Gasteiger partial charge in [-0.2, -0.15) is 0 Å². The van der Waals surface area contributed by atoms with E-state index in [0.717, 1.165) is 0 Å². The van der Waals surface area contributed by atoms with Gasteiger partial charge in [0.15, 0.2) is 11.5 Å². The predicted molar refractivity (Wildman–Crippen MR) is 73.1 cm³/mol. The van der Waals surface area contributed by atoms with E-state index in [1.807, 2.05) is 0 Å². The monoisotopic (exact) mass is 278 g/mol. The molecule has 5 N–H and O–H groups in total. The minimum atomic E-state index is -0.553. The number of fused-ring (bicyclic) bond motifs is 1. The van der Waals surface area contributed by atoms with Gasteiger partial charge in [-0.3, -0.25) is 4.79 Å². The first-order valence-corrected chi connectivity index (χ1v) is 6.14. The summed E-state index contributed by atoms with van der Waals surface area (Å²) in [5.41, 5.74) is 6.10. The summed E-state index contributed by atoms with van der Waals surface area (Å²) in [5, 5.41) is 20.1. The van der Waals surface area contributed by atoms with Crippen LogP contribution in [0.25, 0.3) is 10.9 Å². The van der Waals surface area contributed by atoms with Gasteiger partial charge >= 0.3 is 0 Å². The minimum Gasteiger partial charge on any atom is -0.504 e. The lowest BCUT2D eigenvalue weighted by atomic mass is 10.1. The van der Waals surface area contributed by atoms with Gasteiger partial charge in [0.25, 0.3) is 5.56 Å². The second kappa shape index (κ2) is 4.57. The Balaban J connectivity index is 2.30. The number of aromatic nitrogens is 2. The van der Waals surface area contributed by atoms with Crippen LogP contribution in [0.5, 0.6) is 11.5 Å². The summed E-state index contributed by atoms with van der Waals surface area (Å²) in [6.07, 6.45) is 1.21. The maximum absolute atomic E-state index is 11.7. The van der Waals surface area contributed by atoms with Crippen LogP contribution in [0.4, 0.5) is 11.4 Å². The van der Waals surface area contributed by atoms with E-state index < -0.39 is 17.1 Å². The van der Waals surface area contributed by atoms with Crippen LogP contribution in [-0.2, 0) is 4.74 Å². The Kier molecular flexibility index (Phi) is 2.87. The molecule has 0 aliphatic carbocycles. The molecule has 1 fully saturated rings. The summed E-state index contributed by atoms with van der Waals surface area (Å²) in [6.45, 7) is 2.07. The molecule has 0 unspecified atom stereocenters. The van der Waals surface area contributed by atoms with Crippen LogP contribution in [0.2, 0.25) is 0 Å². The molecule has 0 radical (unpaired) electrons. The number of phenols is 2. The predicted octanol–water partition coefficient (Wildman–Crippen LogP) is -0.247. The van der Waals surface area contributed by atoms with E-state index >= 15 is 0 Å². The molecule has 0 saturated carbocycles. The average Bonchev–Trinajstić information content (AvgIpc) is 2.46. The number of nitrogen functional groups attached to an aromatic ring is 1. The molecule has 20 heavy (non-hydrogen) atoms. The second-order valence-electron chi connectivity index (χ2n) is 4.51. The molecule has 0 spiro atoms. The maximum Gasteiger partial charge on any atom is 0.262 e. The highest BCUT2D eigenvalue weighted by atomic mass is 16.5. The van der Waals surface area contributed by atoms with Gasteiger partial charge in [0, 0.05) is 13.1 Å². The van der Waals surface area contributed by atoms with Crippen molar-refractivity contribution < 1.29 is 14.9 Å². The summed E-state index contributed by atoms with van der Waals surface area (Å²) in [5.74, 6) is -0.916. The molecule has 106 valence electrons. The molecule has 2 heterocycles. The van der Waals surface area contributed by atoms with Crippen LogP contribution in [0.15, 0.2) is 11.1 Å². The fourth-order valence-corrected chi connectivity index (χ4v) is 2.40. The SMILES string of the molecule is Nc1c(N2CCOCC2)c(O)c(O)c2c(=O)[nH]cnc12. The molecular formula is C12H14N4O4. The number of nitrogens with zero attached hydrogens (tertiary/aromatic N) is 2. The average molecular weight is 278 g/mol. The Labute approximate surface area is 113 Å². The van der Waals surface area contributed by atoms with Crippen LogP contribution in [-0.4, -0.2) is 46.5 Å². The zero-order chi connectivity index (χ0) is 14.3. The molecule has 8 heteroatoms. The molecule has 0 amide bonds. The van der Waals surface area contributed by atoms with Gasteiger partial charge in [-0.1, -0.05) is 0 Å². The van der Waals surface area contributed by atoms with E-state index in [1.165, 1.54) is 6.33 Å². The number of hydrogen-bond acceptors (Lipinski definition) is 7. The lowest BCUT2D eigenvalue weighted by molar-refractivity contribution is 0.122. The zero-order valence-electron chi connectivity index (χ0n) is 10.6. The lowest BCUT2D eigenvalue weighted by Gasteiger charge is -2.30. The third-order valence-corrected chi connectivity index (χ3v) is 3.38. The number of aromatic amines is 1. The third-order valence-electron chi connectivity index (χ3n) is 3.38. The largest absolute Gasteiger partial charge is 0.504 e. The van der Waals surface area contributed by atoms with Crippen molar-refractivity contribution in [1.82, 2.24) is 9.97 Å². The number of hydrogen-bond donors (Lipinski definition) is 4. The van der Waals surface area contributed by atoms with Crippen molar-refractivity contribution in [1.29, 1.82) is 0 Å². The van der Waals surface area contributed by atoms with Gasteiger partial charge in [0.1, 0.15) is 16.6 Å². The fourth-order valence-electron chi connectivity index (χ4n) is 2.40. The van der Waals surface area contributed by atoms with Crippen LogP contribution >= 0.6 is 0 Å². The summed E-state index contributed by atoms with van der Waals surface area (Å²) >= 11 is 0. The van der Waals surface area contributed by atoms with Gasteiger partial charge in [-0.25, -0.2) is 4.98 Å². The van der Waals surface area contributed by atoms with Crippen molar-refractivity contribution in [3.05, 3.63) is 16.7 Å². The van der Waals surface area contributed by atoms with Crippen molar-refractivity contribution in [2.45, 2.75) is 0 Å². The Hall–Kier alpha value is -2.48. The van der Waals surface area contributed by atoms with Crippen molar-refractivity contribution in [2.24, 2.45) is 0 Å². The molecule has 0 atom stereocenters. The first-order valence-electron chi connectivity index (χ1n) is 6.14. The first kappa shape index (κ1) is 12.5. The summed E-state index contributed by atoms with van der Waals surface area (Å²) in [6, 6.07) is 0. The van der Waals surface area contributed by atoms with Crippen LogP contribution in [0.1, 0.15) is 0 Å². The lowest BCUT2D eigenvalue weighted by Crippen LogP contribution is -2.36. The molecular weight excluding hydrogens is 264 g/mol. The van der Waals surface area contributed by atoms with E-state index in [-0.39, 0.29) is 22.3 Å². The highest BCUT2D eigenvalue weighted by Crippen LogP contribution is 2.45. The van der Waals surface area contributed by atoms with Crippen molar-refractivity contribution in [3.63, 3.8) is 0 Å². The third kappa shape index (κ3) is 1.73. The highest BCUT2D eigenvalue weighted by molar-refractivity contribution is 6.03. The quantitative estimate of drug-likeness (QED) is 0.322. The Bertz CT molecular complexity index is 721. The van der Waals surface area contributed by atoms with E-state index in [0.29, 0.717) is 26.3 Å². The number of rotatable bonds is 1. The number of morpholine rings is 1. The summed E-state index contributed by atoms with van der Waals surface area (Å²) < 4.78 is 5.24. The second-order valence-corrected chi connectivity index (χ2v) is 4.51. The Morgan fingerprint density at radius 3 is 2.70 bits per heavy atom. The number of ether oxygens (including phenoxy) is 1. The number of aromatic hydroxyl groups is 2. The molecule has 1 saturated heterocycles. The molecule has 1 aliphatic rings. The first-order chi connectivity index (χ1) is 9.61. The van der Waals surface area contributed by atoms with Crippen molar-refractivity contribution in [3.8, 4) is 11.5 Å². The number of nitrogens with two attached hydrogens (primary N) is 1. The van der Waals surface area contributed by atoms with E-state index in [2.05, 4.69) is 9.97 Å². The van der Waals surface area contributed by atoms with Gasteiger partial charge in [-0.15, -0.1) is 0 Å². The fraction of sp³-hybridized carbons (Fsp3) is 0.333. The van der Waals surface area contributed by atoms with Gasteiger partial charge in [0.2, 0.25) is 0 Å². The molecule has 3 rings (SSSR count). The summed E-state index contributed by atoms with van der Waals surface area (Å²) in [7, 11) is 0. The maximum atomic E-state index is 11.7. The molecule has 1 aromatic heterocycles. The van der Waals surface area contributed by atoms with E-state index in [9.17, 15) is 15.0 Å². The van der Waals surface area contributed by atoms with Gasteiger partial charge in [0.05, 0.1) is 25.2 Å². The molecule has 8 nitrogen and oxygen atoms in total. The molecule has 1 aromatic carbocycles. The van der Waals surface area contributed by atoms with Crippen molar-refractivity contribution >= 4 is 22.3 Å². The number of anilines is 2. The van der Waals surface area contributed by atoms with Crippen molar-refractivity contribution in [2.75, 3.05) is 36.9 Å². The highest BCUT2D eigenvalue weighted by Gasteiger charge is 2.25. The number of benzene rings is 1. The normalized spacial score (nSPS) is 15.7. The molecule has 2 aromatic rings. The number of H-pyrrole nitrogens is 1. The van der Waals surface area contributed by atoms with Crippen LogP contribution < -0.4 is 16.2 Å². The van der Waals surface area contributed by atoms with E-state index in [4.69, 9.17) is 10.5 Å². The molecule has 1 aliphatic heterocycles. The molecule has 0 bridgehead atoms. The van der Waals surface area contributed by atoms with Crippen LogP contribution in [0.3, 0.4) is 0 Å². The standard InChI is InChI=1S/C12H14N4O4/c13-7-8-6(12(19)15-5-14-8)10(17)11(18)9(7)16-1-3-20-4-2-16/h5,17-18H,1-4,13H2,(H,14,15,19). The van der Waals surface area contributed by atoms with Gasteiger partial charge in [-0.05, 0) is 0 Å². The number of phenolic OH excluding ortho intramolecular Hbond substituents is 2. The minimum absolute atomic E-state index is 0.112. The Morgan fingerprint density at radius 1 is 1.30 bits per heavy atom. The summed E-state index contributed by atoms with van der Waals surface area (Å²) in [4.78, 5) is 19.9. The van der Waals surface area contributed by atoms with E-state index in [1.54, 1.807) is 4.90 Å². The zero-order valence-corrected chi connectivity index (χ0v) is 10.6. The van der Waals surface area contributed by atoms with Gasteiger partial charge < -0.3 is 30.6 Å². The van der Waals surface area contributed by atoms with Crippen LogP contribution in [0, 0.1) is 0 Å². The smallest absolute Gasteiger partial charge is 0.262 e.